The fourth-order valence-electron chi connectivity index (χ4n) is 1.97. The van der Waals surface area contributed by atoms with Crippen LogP contribution in [0.4, 0.5) is 5.69 Å². The first-order valence-corrected chi connectivity index (χ1v) is 9.37. The molecular formula is C15H15BrClNO4S. The number of rotatable bonds is 6. The van der Waals surface area contributed by atoms with Gasteiger partial charge in [0.05, 0.1) is 18.2 Å². The predicted molar refractivity (Wildman–Crippen MR) is 93.5 cm³/mol. The normalized spacial score (nSPS) is 11.3. The summed E-state index contributed by atoms with van der Waals surface area (Å²) in [6, 6.07) is 9.21. The van der Waals surface area contributed by atoms with Crippen LogP contribution in [0.2, 0.25) is 5.02 Å². The SMILES string of the molecule is CCOc1ccc(NS(=O)(=O)c2ccc(Br)cc2Cl)cc1CO. The molecule has 2 aromatic carbocycles. The van der Waals surface area contributed by atoms with Gasteiger partial charge in [-0.25, -0.2) is 8.42 Å². The van der Waals surface area contributed by atoms with E-state index in [4.69, 9.17) is 16.3 Å². The number of nitrogens with one attached hydrogen (secondary N) is 1. The van der Waals surface area contributed by atoms with E-state index in [-0.39, 0.29) is 16.5 Å². The van der Waals surface area contributed by atoms with Crippen LogP contribution in [0.1, 0.15) is 12.5 Å². The van der Waals surface area contributed by atoms with Gasteiger partial charge in [0.25, 0.3) is 10.0 Å². The van der Waals surface area contributed by atoms with E-state index >= 15 is 0 Å². The Morgan fingerprint density at radius 3 is 2.61 bits per heavy atom. The number of anilines is 1. The van der Waals surface area contributed by atoms with Crippen molar-refractivity contribution in [3.05, 3.63) is 51.5 Å². The van der Waals surface area contributed by atoms with Gasteiger partial charge in [-0.3, -0.25) is 4.72 Å². The summed E-state index contributed by atoms with van der Waals surface area (Å²) in [7, 11) is -3.84. The molecule has 8 heteroatoms. The zero-order chi connectivity index (χ0) is 17.0. The highest BCUT2D eigenvalue weighted by molar-refractivity contribution is 9.10. The Kier molecular flexibility index (Phi) is 5.91. The lowest BCUT2D eigenvalue weighted by Gasteiger charge is -2.13. The maximum absolute atomic E-state index is 12.4. The van der Waals surface area contributed by atoms with E-state index in [2.05, 4.69) is 20.7 Å². The minimum Gasteiger partial charge on any atom is -0.494 e. The molecule has 2 N–H and O–H groups in total. The van der Waals surface area contributed by atoms with Crippen molar-refractivity contribution < 1.29 is 18.3 Å². The first-order chi connectivity index (χ1) is 10.9. The molecule has 0 unspecified atom stereocenters. The fraction of sp³-hybridized carbons (Fsp3) is 0.200. The Morgan fingerprint density at radius 1 is 1.26 bits per heavy atom. The van der Waals surface area contributed by atoms with Crippen molar-refractivity contribution in [1.29, 1.82) is 0 Å². The van der Waals surface area contributed by atoms with Gasteiger partial charge in [0.2, 0.25) is 0 Å². The lowest BCUT2D eigenvalue weighted by Crippen LogP contribution is -2.13. The highest BCUT2D eigenvalue weighted by atomic mass is 79.9. The molecule has 0 amide bonds. The Labute approximate surface area is 148 Å². The van der Waals surface area contributed by atoms with Gasteiger partial charge in [-0.15, -0.1) is 0 Å². The average molecular weight is 421 g/mol. The van der Waals surface area contributed by atoms with Crippen molar-refractivity contribution in [2.45, 2.75) is 18.4 Å². The van der Waals surface area contributed by atoms with Crippen molar-refractivity contribution in [1.82, 2.24) is 0 Å². The second-order valence-electron chi connectivity index (χ2n) is 4.59. The summed E-state index contributed by atoms with van der Waals surface area (Å²) < 4.78 is 33.4. The number of benzene rings is 2. The van der Waals surface area contributed by atoms with Crippen LogP contribution >= 0.6 is 27.5 Å². The van der Waals surface area contributed by atoms with Crippen LogP contribution in [-0.4, -0.2) is 20.1 Å². The lowest BCUT2D eigenvalue weighted by atomic mass is 10.2. The molecule has 0 aliphatic carbocycles. The number of aliphatic hydroxyl groups excluding tert-OH is 1. The number of hydrogen-bond acceptors (Lipinski definition) is 4. The average Bonchev–Trinajstić information content (AvgIpc) is 2.48. The Morgan fingerprint density at radius 2 is 2.00 bits per heavy atom. The molecule has 0 radical (unpaired) electrons. The first kappa shape index (κ1) is 18.1. The summed E-state index contributed by atoms with van der Waals surface area (Å²) in [6.45, 7) is 2.02. The minimum atomic E-state index is -3.84. The lowest BCUT2D eigenvalue weighted by molar-refractivity contribution is 0.267. The van der Waals surface area contributed by atoms with E-state index in [1.54, 1.807) is 18.2 Å². The molecule has 5 nitrogen and oxygen atoms in total. The van der Waals surface area contributed by atoms with Gasteiger partial charge in [0.1, 0.15) is 10.6 Å². The van der Waals surface area contributed by atoms with Crippen molar-refractivity contribution in [3.63, 3.8) is 0 Å². The van der Waals surface area contributed by atoms with Crippen LogP contribution in [0.3, 0.4) is 0 Å². The number of hydrogen-bond donors (Lipinski definition) is 2. The van der Waals surface area contributed by atoms with Crippen molar-refractivity contribution >= 4 is 43.2 Å². The first-order valence-electron chi connectivity index (χ1n) is 6.72. The molecule has 0 saturated carbocycles. The summed E-state index contributed by atoms with van der Waals surface area (Å²) in [5.74, 6) is 0.514. The van der Waals surface area contributed by atoms with Gasteiger partial charge in [-0.2, -0.15) is 0 Å². The third-order valence-electron chi connectivity index (χ3n) is 2.97. The van der Waals surface area contributed by atoms with E-state index in [1.165, 1.54) is 18.2 Å². The second-order valence-corrected chi connectivity index (χ2v) is 7.57. The van der Waals surface area contributed by atoms with Gasteiger partial charge >= 0.3 is 0 Å². The molecular weight excluding hydrogens is 406 g/mol. The number of aliphatic hydroxyl groups is 1. The molecule has 0 saturated heterocycles. The van der Waals surface area contributed by atoms with Crippen molar-refractivity contribution in [3.8, 4) is 5.75 Å². The zero-order valence-corrected chi connectivity index (χ0v) is 15.4. The third-order valence-corrected chi connectivity index (χ3v) is 5.32. The number of ether oxygens (including phenoxy) is 1. The van der Waals surface area contributed by atoms with Crippen LogP contribution in [0, 0.1) is 0 Å². The molecule has 124 valence electrons. The van der Waals surface area contributed by atoms with Crippen molar-refractivity contribution in [2.75, 3.05) is 11.3 Å². The molecule has 2 rings (SSSR count). The highest BCUT2D eigenvalue weighted by Crippen LogP contribution is 2.28. The summed E-state index contributed by atoms with van der Waals surface area (Å²) >= 11 is 9.23. The Bertz CT molecular complexity index is 811. The topological polar surface area (TPSA) is 75.6 Å². The monoisotopic (exact) mass is 419 g/mol. The van der Waals surface area contributed by atoms with Crippen LogP contribution in [-0.2, 0) is 16.6 Å². The summed E-state index contributed by atoms with van der Waals surface area (Å²) in [6.07, 6.45) is 0. The molecule has 0 spiro atoms. The smallest absolute Gasteiger partial charge is 0.263 e. The fourth-order valence-corrected chi connectivity index (χ4v) is 4.05. The highest BCUT2D eigenvalue weighted by Gasteiger charge is 2.18. The van der Waals surface area contributed by atoms with Gasteiger partial charge in [0, 0.05) is 15.7 Å². The van der Waals surface area contributed by atoms with Gasteiger partial charge in [-0.05, 0) is 43.3 Å². The molecule has 0 atom stereocenters. The number of halogens is 2. The third kappa shape index (κ3) is 4.38. The van der Waals surface area contributed by atoms with E-state index in [1.807, 2.05) is 6.92 Å². The van der Waals surface area contributed by atoms with Crippen LogP contribution < -0.4 is 9.46 Å². The van der Waals surface area contributed by atoms with E-state index in [0.29, 0.717) is 28.1 Å². The molecule has 0 aliphatic heterocycles. The van der Waals surface area contributed by atoms with Crippen LogP contribution in [0.15, 0.2) is 45.8 Å². The standard InChI is InChI=1S/C15H15BrClNO4S/c1-2-22-14-5-4-12(7-10(14)9-19)18-23(20,21)15-6-3-11(16)8-13(15)17/h3-8,18-19H,2,9H2,1H3. The Balaban J connectivity index is 2.33. The molecule has 0 aromatic heterocycles. The zero-order valence-electron chi connectivity index (χ0n) is 12.2. The van der Waals surface area contributed by atoms with Gasteiger partial charge in [-0.1, -0.05) is 27.5 Å². The quantitative estimate of drug-likeness (QED) is 0.745. The summed E-state index contributed by atoms with van der Waals surface area (Å²) in [5, 5.41) is 9.49. The minimum absolute atomic E-state index is 0.0261. The molecule has 23 heavy (non-hydrogen) atoms. The van der Waals surface area contributed by atoms with Gasteiger partial charge in [0.15, 0.2) is 0 Å². The second kappa shape index (κ2) is 7.53. The molecule has 2 aromatic rings. The summed E-state index contributed by atoms with van der Waals surface area (Å²) in [4.78, 5) is -0.0261. The van der Waals surface area contributed by atoms with E-state index < -0.39 is 10.0 Å². The van der Waals surface area contributed by atoms with Crippen molar-refractivity contribution in [2.24, 2.45) is 0 Å². The van der Waals surface area contributed by atoms with Gasteiger partial charge < -0.3 is 9.84 Å². The maximum Gasteiger partial charge on any atom is 0.263 e. The largest absolute Gasteiger partial charge is 0.494 e. The van der Waals surface area contributed by atoms with E-state index in [0.717, 1.165) is 0 Å². The number of sulfonamides is 1. The van der Waals surface area contributed by atoms with Crippen LogP contribution in [0.25, 0.3) is 0 Å². The van der Waals surface area contributed by atoms with Crippen LogP contribution in [0.5, 0.6) is 5.75 Å². The molecule has 0 bridgehead atoms. The molecule has 0 fully saturated rings. The molecule has 0 heterocycles. The molecule has 0 aliphatic rings. The summed E-state index contributed by atoms with van der Waals surface area (Å²) in [5.41, 5.74) is 0.811. The predicted octanol–water partition coefficient (Wildman–Crippen LogP) is 3.79. The maximum atomic E-state index is 12.4. The van der Waals surface area contributed by atoms with E-state index in [9.17, 15) is 13.5 Å². The Hall–Kier alpha value is -1.28.